The van der Waals surface area contributed by atoms with Gasteiger partial charge in [0.15, 0.2) is 5.79 Å². The molecule has 2 heteroatoms. The molecule has 0 unspecified atom stereocenters. The first-order valence-electron chi connectivity index (χ1n) is 9.32. The van der Waals surface area contributed by atoms with E-state index in [1.54, 1.807) is 0 Å². The van der Waals surface area contributed by atoms with E-state index in [0.29, 0.717) is 17.4 Å². The molecule has 130 valence electrons. The van der Waals surface area contributed by atoms with E-state index in [4.69, 9.17) is 9.47 Å². The average Bonchev–Trinajstić information content (AvgIpc) is 2.53. The van der Waals surface area contributed by atoms with Crippen LogP contribution >= 0.6 is 0 Å². The lowest BCUT2D eigenvalue weighted by atomic mass is 9.39. The number of rotatable bonds is 2. The molecule has 4 aliphatic rings. The smallest absolute Gasteiger partial charge is 0.163 e. The van der Waals surface area contributed by atoms with Gasteiger partial charge < -0.3 is 9.47 Å². The van der Waals surface area contributed by atoms with Gasteiger partial charge in [0.1, 0.15) is 0 Å². The maximum Gasteiger partial charge on any atom is 0.163 e. The van der Waals surface area contributed by atoms with Gasteiger partial charge in [0, 0.05) is 5.41 Å². The third-order valence-corrected chi connectivity index (χ3v) is 7.13. The number of hydrogen-bond donors (Lipinski definition) is 0. The van der Waals surface area contributed by atoms with Crippen molar-refractivity contribution in [2.45, 2.75) is 65.5 Å². The molecule has 0 amide bonds. The summed E-state index contributed by atoms with van der Waals surface area (Å²) in [5.74, 6) is 0.951. The van der Waals surface area contributed by atoms with Crippen molar-refractivity contribution in [3.8, 4) is 0 Å². The molecule has 1 aromatic carbocycles. The van der Waals surface area contributed by atoms with Crippen LogP contribution in [0.1, 0.15) is 53.0 Å². The predicted molar refractivity (Wildman–Crippen MR) is 97.4 cm³/mol. The van der Waals surface area contributed by atoms with Crippen LogP contribution in [0, 0.1) is 22.7 Å². The van der Waals surface area contributed by atoms with Crippen molar-refractivity contribution in [3.63, 3.8) is 0 Å². The number of benzene rings is 1. The molecule has 1 aliphatic heterocycles. The third-order valence-electron chi connectivity index (χ3n) is 7.13. The van der Waals surface area contributed by atoms with Gasteiger partial charge in [-0.3, -0.25) is 0 Å². The van der Waals surface area contributed by atoms with Crippen LogP contribution in [0.5, 0.6) is 0 Å². The molecule has 3 saturated carbocycles. The summed E-state index contributed by atoms with van der Waals surface area (Å²) in [5, 5.41) is 0. The quantitative estimate of drug-likeness (QED) is 0.735. The molecule has 24 heavy (non-hydrogen) atoms. The second-order valence-corrected chi connectivity index (χ2v) is 9.22. The molecule has 1 aromatic rings. The zero-order valence-electron chi connectivity index (χ0n) is 15.6. The van der Waals surface area contributed by atoms with E-state index < -0.39 is 5.79 Å². The van der Waals surface area contributed by atoms with Gasteiger partial charge in [-0.1, -0.05) is 63.3 Å². The van der Waals surface area contributed by atoms with E-state index in [1.165, 1.54) is 18.4 Å². The lowest BCUT2D eigenvalue weighted by Crippen LogP contribution is -2.70. The van der Waals surface area contributed by atoms with Crippen molar-refractivity contribution in [2.75, 3.05) is 0 Å². The normalized spacial score (nSPS) is 42.4. The fourth-order valence-electron chi connectivity index (χ4n) is 5.58. The molecule has 5 rings (SSSR count). The SMILES string of the molecule is CC1(C)O[C@@H](/C=C/c2ccccc2)[C@@]2(C)[C@H](C[C@H]3C[C@@H]2C3(C)C)O1. The molecule has 0 spiro atoms. The van der Waals surface area contributed by atoms with Crippen molar-refractivity contribution in [3.05, 3.63) is 42.0 Å². The van der Waals surface area contributed by atoms with Gasteiger partial charge in [0.25, 0.3) is 0 Å². The Hall–Kier alpha value is -1.12. The Morgan fingerprint density at radius 3 is 2.33 bits per heavy atom. The first-order valence-corrected chi connectivity index (χ1v) is 9.32. The van der Waals surface area contributed by atoms with Gasteiger partial charge in [-0.2, -0.15) is 0 Å². The molecule has 2 nitrogen and oxygen atoms in total. The molecular weight excluding hydrogens is 296 g/mol. The molecular formula is C22H30O2. The lowest BCUT2D eigenvalue weighted by molar-refractivity contribution is -0.383. The first kappa shape index (κ1) is 16.4. The minimum Gasteiger partial charge on any atom is -0.347 e. The Morgan fingerprint density at radius 2 is 1.67 bits per heavy atom. The van der Waals surface area contributed by atoms with Gasteiger partial charge in [-0.05, 0) is 49.5 Å². The molecule has 0 radical (unpaired) electrons. The van der Waals surface area contributed by atoms with Crippen molar-refractivity contribution in [1.82, 2.24) is 0 Å². The van der Waals surface area contributed by atoms with E-state index in [9.17, 15) is 0 Å². The molecule has 0 N–H and O–H groups in total. The fourth-order valence-corrected chi connectivity index (χ4v) is 5.58. The topological polar surface area (TPSA) is 18.5 Å². The monoisotopic (exact) mass is 326 g/mol. The summed E-state index contributed by atoms with van der Waals surface area (Å²) in [6.07, 6.45) is 7.37. The van der Waals surface area contributed by atoms with E-state index in [0.717, 1.165) is 5.92 Å². The molecule has 1 saturated heterocycles. The second-order valence-electron chi connectivity index (χ2n) is 9.22. The minimum absolute atomic E-state index is 0.0546. The van der Waals surface area contributed by atoms with Crippen LogP contribution in [-0.4, -0.2) is 18.0 Å². The zero-order chi connectivity index (χ0) is 17.2. The van der Waals surface area contributed by atoms with Crippen LogP contribution < -0.4 is 0 Å². The summed E-state index contributed by atoms with van der Waals surface area (Å²) < 4.78 is 12.8. The third kappa shape index (κ3) is 2.30. The number of ether oxygens (including phenoxy) is 2. The Kier molecular flexibility index (Phi) is 3.54. The van der Waals surface area contributed by atoms with Gasteiger partial charge in [-0.15, -0.1) is 0 Å². The fraction of sp³-hybridized carbons (Fsp3) is 0.636. The highest BCUT2D eigenvalue weighted by molar-refractivity contribution is 5.49. The van der Waals surface area contributed by atoms with Gasteiger partial charge >= 0.3 is 0 Å². The lowest BCUT2D eigenvalue weighted by Gasteiger charge is -2.70. The van der Waals surface area contributed by atoms with Crippen LogP contribution in [0.4, 0.5) is 0 Å². The van der Waals surface area contributed by atoms with E-state index in [-0.39, 0.29) is 11.5 Å². The summed E-state index contributed by atoms with van der Waals surface area (Å²) in [5.41, 5.74) is 1.68. The van der Waals surface area contributed by atoms with Crippen molar-refractivity contribution >= 4 is 6.08 Å². The summed E-state index contributed by atoms with van der Waals surface area (Å²) in [7, 11) is 0. The second kappa shape index (κ2) is 5.19. The molecule has 3 aliphatic carbocycles. The maximum atomic E-state index is 6.45. The van der Waals surface area contributed by atoms with Gasteiger partial charge in [-0.25, -0.2) is 0 Å². The first-order chi connectivity index (χ1) is 11.2. The molecule has 1 heterocycles. The highest BCUT2D eigenvalue weighted by Crippen LogP contribution is 2.69. The zero-order valence-corrected chi connectivity index (χ0v) is 15.6. The van der Waals surface area contributed by atoms with Crippen molar-refractivity contribution in [2.24, 2.45) is 22.7 Å². The summed E-state index contributed by atoms with van der Waals surface area (Å²) in [6.45, 7) is 11.4. The summed E-state index contributed by atoms with van der Waals surface area (Å²) in [6, 6.07) is 10.5. The molecule has 5 atom stereocenters. The average molecular weight is 326 g/mol. The van der Waals surface area contributed by atoms with Crippen LogP contribution in [0.3, 0.4) is 0 Å². The van der Waals surface area contributed by atoms with Crippen molar-refractivity contribution in [1.29, 1.82) is 0 Å². The maximum absolute atomic E-state index is 6.45. The Labute approximate surface area is 146 Å². The van der Waals surface area contributed by atoms with E-state index >= 15 is 0 Å². The minimum atomic E-state index is -0.510. The Balaban J connectivity index is 1.68. The highest BCUT2D eigenvalue weighted by atomic mass is 16.7. The standard InChI is InChI=1S/C22H30O2/c1-20(2)16-13-17(20)22(5)18(12-11-15-9-7-6-8-10-15)23-21(3,4)24-19(22)14-16/h6-12,16-19H,13-14H2,1-5H3/b12-11+/t16-,17-,18+,19+,22+/m1/s1. The van der Waals surface area contributed by atoms with Crippen LogP contribution in [0.2, 0.25) is 0 Å². The van der Waals surface area contributed by atoms with Crippen LogP contribution in [0.15, 0.2) is 36.4 Å². The highest BCUT2D eigenvalue weighted by Gasteiger charge is 2.68. The summed E-state index contributed by atoms with van der Waals surface area (Å²) in [4.78, 5) is 0. The van der Waals surface area contributed by atoms with Crippen LogP contribution in [0.25, 0.3) is 6.08 Å². The van der Waals surface area contributed by atoms with Crippen LogP contribution in [-0.2, 0) is 9.47 Å². The van der Waals surface area contributed by atoms with Crippen molar-refractivity contribution < 1.29 is 9.47 Å². The summed E-state index contributed by atoms with van der Waals surface area (Å²) >= 11 is 0. The van der Waals surface area contributed by atoms with E-state index in [1.807, 2.05) is 0 Å². The van der Waals surface area contributed by atoms with Gasteiger partial charge in [0.05, 0.1) is 12.2 Å². The largest absolute Gasteiger partial charge is 0.347 e. The molecule has 0 aromatic heterocycles. The Morgan fingerprint density at radius 1 is 0.958 bits per heavy atom. The van der Waals surface area contributed by atoms with Gasteiger partial charge in [0.2, 0.25) is 0 Å². The molecule has 4 fully saturated rings. The number of hydrogen-bond acceptors (Lipinski definition) is 2. The Bertz CT molecular complexity index is 645. The van der Waals surface area contributed by atoms with E-state index in [2.05, 4.69) is 77.1 Å². The molecule has 2 bridgehead atoms. The predicted octanol–water partition coefficient (Wildman–Crippen LogP) is 5.29.